The number of hydrogen-bond acceptors (Lipinski definition) is 2. The molecule has 3 nitrogen and oxygen atoms in total. The Labute approximate surface area is 86.9 Å². The molecule has 1 aliphatic heterocycles. The van der Waals surface area contributed by atoms with E-state index in [1.807, 2.05) is 11.9 Å². The number of carbonyl (C=O) groups is 1. The third-order valence-electron chi connectivity index (χ3n) is 2.85. The highest BCUT2D eigenvalue weighted by Gasteiger charge is 2.31. The van der Waals surface area contributed by atoms with Crippen molar-refractivity contribution in [3.05, 3.63) is 0 Å². The van der Waals surface area contributed by atoms with E-state index in [-0.39, 0.29) is 5.92 Å². The Hall–Kier alpha value is -0.570. The topological polar surface area (TPSA) is 32.3 Å². The molecule has 1 amide bonds. The Balaban J connectivity index is 2.47. The SMILES string of the molecule is CC(C)CN(C)C(=O)[C@@H]1CNC[C@H]1C. The number of nitrogens with one attached hydrogen (secondary N) is 1. The fourth-order valence-electron chi connectivity index (χ4n) is 2.06. The van der Waals surface area contributed by atoms with Gasteiger partial charge < -0.3 is 10.2 Å². The van der Waals surface area contributed by atoms with Crippen molar-refractivity contribution >= 4 is 5.91 Å². The molecule has 0 bridgehead atoms. The van der Waals surface area contributed by atoms with Gasteiger partial charge in [-0.3, -0.25) is 4.79 Å². The van der Waals surface area contributed by atoms with Gasteiger partial charge in [0.15, 0.2) is 0 Å². The summed E-state index contributed by atoms with van der Waals surface area (Å²) in [7, 11) is 1.91. The quantitative estimate of drug-likeness (QED) is 0.732. The lowest BCUT2D eigenvalue weighted by atomic mass is 9.96. The summed E-state index contributed by atoms with van der Waals surface area (Å²) in [5.74, 6) is 1.53. The molecule has 1 aliphatic rings. The average Bonchev–Trinajstić information content (AvgIpc) is 2.48. The molecule has 14 heavy (non-hydrogen) atoms. The van der Waals surface area contributed by atoms with Crippen molar-refractivity contribution in [2.45, 2.75) is 20.8 Å². The Kier molecular flexibility index (Phi) is 3.93. The average molecular weight is 198 g/mol. The van der Waals surface area contributed by atoms with Crippen molar-refractivity contribution in [3.8, 4) is 0 Å². The molecular formula is C11H22N2O. The van der Waals surface area contributed by atoms with Crippen LogP contribution in [0.1, 0.15) is 20.8 Å². The third-order valence-corrected chi connectivity index (χ3v) is 2.85. The molecule has 0 unspecified atom stereocenters. The van der Waals surface area contributed by atoms with Crippen LogP contribution in [0.5, 0.6) is 0 Å². The Bertz CT molecular complexity index is 203. The van der Waals surface area contributed by atoms with E-state index in [2.05, 4.69) is 26.1 Å². The molecule has 0 aromatic heterocycles. The van der Waals surface area contributed by atoms with E-state index in [1.165, 1.54) is 0 Å². The minimum absolute atomic E-state index is 0.193. The van der Waals surface area contributed by atoms with Crippen molar-refractivity contribution in [3.63, 3.8) is 0 Å². The second-order valence-electron chi connectivity index (χ2n) is 4.85. The Morgan fingerprint density at radius 2 is 2.14 bits per heavy atom. The number of hydrogen-bond donors (Lipinski definition) is 1. The smallest absolute Gasteiger partial charge is 0.227 e. The minimum Gasteiger partial charge on any atom is -0.345 e. The van der Waals surface area contributed by atoms with Crippen LogP contribution < -0.4 is 5.32 Å². The molecule has 0 spiro atoms. The first-order chi connectivity index (χ1) is 6.52. The summed E-state index contributed by atoms with van der Waals surface area (Å²) in [5, 5.41) is 3.26. The lowest BCUT2D eigenvalue weighted by Crippen LogP contribution is -2.38. The highest BCUT2D eigenvalue weighted by Crippen LogP contribution is 2.18. The largest absolute Gasteiger partial charge is 0.345 e. The van der Waals surface area contributed by atoms with Gasteiger partial charge in [-0.05, 0) is 18.4 Å². The van der Waals surface area contributed by atoms with Gasteiger partial charge in [0.25, 0.3) is 0 Å². The van der Waals surface area contributed by atoms with Gasteiger partial charge in [-0.15, -0.1) is 0 Å². The summed E-state index contributed by atoms with van der Waals surface area (Å²) in [5.41, 5.74) is 0. The van der Waals surface area contributed by atoms with Crippen LogP contribution in [-0.2, 0) is 4.79 Å². The van der Waals surface area contributed by atoms with Crippen molar-refractivity contribution < 1.29 is 4.79 Å². The summed E-state index contributed by atoms with van der Waals surface area (Å²) >= 11 is 0. The van der Waals surface area contributed by atoms with E-state index in [9.17, 15) is 4.79 Å². The van der Waals surface area contributed by atoms with Crippen LogP contribution in [0.3, 0.4) is 0 Å². The Morgan fingerprint density at radius 1 is 1.50 bits per heavy atom. The van der Waals surface area contributed by atoms with Crippen LogP contribution in [0.4, 0.5) is 0 Å². The van der Waals surface area contributed by atoms with E-state index in [1.54, 1.807) is 0 Å². The number of carbonyl (C=O) groups excluding carboxylic acids is 1. The molecule has 0 aromatic carbocycles. The predicted molar refractivity (Wildman–Crippen MR) is 58.0 cm³/mol. The molecule has 1 heterocycles. The molecule has 3 heteroatoms. The van der Waals surface area contributed by atoms with Crippen molar-refractivity contribution in [2.24, 2.45) is 17.8 Å². The summed E-state index contributed by atoms with van der Waals surface area (Å²) < 4.78 is 0. The maximum absolute atomic E-state index is 12.0. The van der Waals surface area contributed by atoms with Gasteiger partial charge in [0.2, 0.25) is 5.91 Å². The van der Waals surface area contributed by atoms with Gasteiger partial charge in [-0.1, -0.05) is 20.8 Å². The first-order valence-electron chi connectivity index (χ1n) is 5.48. The molecule has 0 aliphatic carbocycles. The standard InChI is InChI=1S/C11H22N2O/c1-8(2)7-13(4)11(14)10-6-12-5-9(10)3/h8-10,12H,5-7H2,1-4H3/t9-,10-/m1/s1. The number of nitrogens with zero attached hydrogens (tertiary/aromatic N) is 1. The van der Waals surface area contributed by atoms with E-state index in [4.69, 9.17) is 0 Å². The zero-order chi connectivity index (χ0) is 10.7. The first kappa shape index (κ1) is 11.5. The molecule has 82 valence electrons. The van der Waals surface area contributed by atoms with Gasteiger partial charge in [-0.2, -0.15) is 0 Å². The van der Waals surface area contributed by atoms with Gasteiger partial charge >= 0.3 is 0 Å². The molecule has 0 saturated carbocycles. The molecule has 0 radical (unpaired) electrons. The molecule has 1 rings (SSSR count). The summed E-state index contributed by atoms with van der Waals surface area (Å²) in [6, 6.07) is 0. The lowest BCUT2D eigenvalue weighted by molar-refractivity contribution is -0.135. The monoisotopic (exact) mass is 198 g/mol. The first-order valence-corrected chi connectivity index (χ1v) is 5.48. The van der Waals surface area contributed by atoms with Gasteiger partial charge in [0, 0.05) is 20.1 Å². The molecule has 0 aromatic rings. The molecule has 1 N–H and O–H groups in total. The molecule has 2 atom stereocenters. The fraction of sp³-hybridized carbons (Fsp3) is 0.909. The maximum Gasteiger partial charge on any atom is 0.227 e. The van der Waals surface area contributed by atoms with E-state index in [0.717, 1.165) is 19.6 Å². The van der Waals surface area contributed by atoms with Crippen molar-refractivity contribution in [1.82, 2.24) is 10.2 Å². The summed E-state index contributed by atoms with van der Waals surface area (Å²) in [4.78, 5) is 13.9. The fourth-order valence-corrected chi connectivity index (χ4v) is 2.06. The van der Waals surface area contributed by atoms with Gasteiger partial charge in [0.05, 0.1) is 5.92 Å². The van der Waals surface area contributed by atoms with Crippen LogP contribution in [0.25, 0.3) is 0 Å². The Morgan fingerprint density at radius 3 is 2.57 bits per heavy atom. The van der Waals surface area contributed by atoms with Crippen LogP contribution in [0, 0.1) is 17.8 Å². The summed E-state index contributed by atoms with van der Waals surface area (Å²) in [6.07, 6.45) is 0. The summed E-state index contributed by atoms with van der Waals surface area (Å²) in [6.45, 7) is 9.11. The van der Waals surface area contributed by atoms with Crippen molar-refractivity contribution in [1.29, 1.82) is 0 Å². The zero-order valence-electron chi connectivity index (χ0n) is 9.71. The van der Waals surface area contributed by atoms with Gasteiger partial charge in [-0.25, -0.2) is 0 Å². The second kappa shape index (κ2) is 4.78. The molecule has 1 saturated heterocycles. The third kappa shape index (κ3) is 2.71. The minimum atomic E-state index is 0.193. The van der Waals surface area contributed by atoms with Crippen LogP contribution in [0.2, 0.25) is 0 Å². The van der Waals surface area contributed by atoms with E-state index in [0.29, 0.717) is 17.7 Å². The molecular weight excluding hydrogens is 176 g/mol. The number of rotatable bonds is 3. The predicted octanol–water partition coefficient (Wildman–Crippen LogP) is 0.956. The molecule has 1 fully saturated rings. The second-order valence-corrected chi connectivity index (χ2v) is 4.85. The zero-order valence-corrected chi connectivity index (χ0v) is 9.71. The van der Waals surface area contributed by atoms with E-state index >= 15 is 0 Å². The van der Waals surface area contributed by atoms with E-state index < -0.39 is 0 Å². The van der Waals surface area contributed by atoms with Gasteiger partial charge in [0.1, 0.15) is 0 Å². The van der Waals surface area contributed by atoms with Crippen LogP contribution in [0.15, 0.2) is 0 Å². The normalized spacial score (nSPS) is 26.9. The van der Waals surface area contributed by atoms with Crippen LogP contribution in [-0.4, -0.2) is 37.5 Å². The number of amides is 1. The van der Waals surface area contributed by atoms with Crippen molar-refractivity contribution in [2.75, 3.05) is 26.7 Å². The maximum atomic E-state index is 12.0. The lowest BCUT2D eigenvalue weighted by Gasteiger charge is -2.24. The highest BCUT2D eigenvalue weighted by molar-refractivity contribution is 5.79. The van der Waals surface area contributed by atoms with Crippen LogP contribution >= 0.6 is 0 Å². The highest BCUT2D eigenvalue weighted by atomic mass is 16.2.